The van der Waals surface area contributed by atoms with Crippen LogP contribution in [0.25, 0.3) is 11.4 Å². The van der Waals surface area contributed by atoms with E-state index < -0.39 is 5.41 Å². The van der Waals surface area contributed by atoms with E-state index in [0.717, 1.165) is 5.56 Å². The third kappa shape index (κ3) is 2.71. The Labute approximate surface area is 105 Å². The number of H-pyrrole nitrogens is 1. The van der Waals surface area contributed by atoms with Gasteiger partial charge in [-0.3, -0.25) is 20.2 Å². The van der Waals surface area contributed by atoms with Crippen molar-refractivity contribution in [2.24, 2.45) is 5.41 Å². The van der Waals surface area contributed by atoms with Crippen LogP contribution >= 0.6 is 0 Å². The van der Waals surface area contributed by atoms with Gasteiger partial charge >= 0.3 is 0 Å². The summed E-state index contributed by atoms with van der Waals surface area (Å²) in [5.41, 5.74) is 0.394. The molecule has 2 heterocycles. The lowest BCUT2D eigenvalue weighted by atomic mass is 9.96. The van der Waals surface area contributed by atoms with Crippen LogP contribution in [-0.2, 0) is 4.79 Å². The molecule has 0 unspecified atom stereocenters. The summed E-state index contributed by atoms with van der Waals surface area (Å²) >= 11 is 0. The molecule has 0 saturated heterocycles. The SMILES string of the molecule is CC(C)(C)C(=O)Nc1n[nH]c(-c2ccncc2)n1. The van der Waals surface area contributed by atoms with Gasteiger partial charge in [0.1, 0.15) is 0 Å². The van der Waals surface area contributed by atoms with E-state index in [1.807, 2.05) is 32.9 Å². The first-order valence-electron chi connectivity index (χ1n) is 5.61. The van der Waals surface area contributed by atoms with Crippen LogP contribution < -0.4 is 5.32 Å². The molecular weight excluding hydrogens is 230 g/mol. The number of aromatic amines is 1. The molecule has 2 aromatic heterocycles. The Bertz CT molecular complexity index is 541. The molecule has 2 N–H and O–H groups in total. The van der Waals surface area contributed by atoms with Gasteiger partial charge in [0.25, 0.3) is 0 Å². The first kappa shape index (κ1) is 12.2. The van der Waals surface area contributed by atoms with Crippen molar-refractivity contribution in [2.75, 3.05) is 5.32 Å². The fourth-order valence-corrected chi connectivity index (χ4v) is 1.25. The maximum atomic E-state index is 11.8. The summed E-state index contributed by atoms with van der Waals surface area (Å²) in [6, 6.07) is 3.63. The van der Waals surface area contributed by atoms with Gasteiger partial charge < -0.3 is 0 Å². The quantitative estimate of drug-likeness (QED) is 0.845. The van der Waals surface area contributed by atoms with E-state index in [1.165, 1.54) is 0 Å². The zero-order valence-electron chi connectivity index (χ0n) is 10.6. The van der Waals surface area contributed by atoms with Gasteiger partial charge in [-0.25, -0.2) is 0 Å². The Kier molecular flexibility index (Phi) is 3.10. The summed E-state index contributed by atoms with van der Waals surface area (Å²) < 4.78 is 0. The molecule has 1 amide bonds. The van der Waals surface area contributed by atoms with E-state index >= 15 is 0 Å². The number of carbonyl (C=O) groups excluding carboxylic acids is 1. The third-order valence-corrected chi connectivity index (χ3v) is 2.35. The summed E-state index contributed by atoms with van der Waals surface area (Å²) in [6.07, 6.45) is 3.34. The van der Waals surface area contributed by atoms with Crippen LogP contribution in [0.5, 0.6) is 0 Å². The van der Waals surface area contributed by atoms with Gasteiger partial charge in [0.2, 0.25) is 11.9 Å². The van der Waals surface area contributed by atoms with Crippen LogP contribution in [0, 0.1) is 5.41 Å². The lowest BCUT2D eigenvalue weighted by molar-refractivity contribution is -0.123. The zero-order valence-corrected chi connectivity index (χ0v) is 10.6. The number of nitrogens with zero attached hydrogens (tertiary/aromatic N) is 3. The Balaban J connectivity index is 2.15. The summed E-state index contributed by atoms with van der Waals surface area (Å²) in [4.78, 5) is 19.9. The van der Waals surface area contributed by atoms with Crippen LogP contribution in [0.3, 0.4) is 0 Å². The fourth-order valence-electron chi connectivity index (χ4n) is 1.25. The third-order valence-electron chi connectivity index (χ3n) is 2.35. The molecule has 0 fully saturated rings. The van der Waals surface area contributed by atoms with Crippen molar-refractivity contribution in [3.63, 3.8) is 0 Å². The number of amides is 1. The van der Waals surface area contributed by atoms with Gasteiger partial charge in [0, 0.05) is 23.4 Å². The Morgan fingerprint density at radius 3 is 2.56 bits per heavy atom. The summed E-state index contributed by atoms with van der Waals surface area (Å²) in [7, 11) is 0. The number of hydrogen-bond acceptors (Lipinski definition) is 4. The van der Waals surface area contributed by atoms with Crippen molar-refractivity contribution in [1.82, 2.24) is 20.2 Å². The number of carbonyl (C=O) groups is 1. The predicted molar refractivity (Wildman–Crippen MR) is 67.7 cm³/mol. The van der Waals surface area contributed by atoms with Gasteiger partial charge in [-0.1, -0.05) is 20.8 Å². The highest BCUT2D eigenvalue weighted by molar-refractivity contribution is 5.93. The average Bonchev–Trinajstić information content (AvgIpc) is 2.77. The van der Waals surface area contributed by atoms with E-state index in [1.54, 1.807) is 12.4 Å². The zero-order chi connectivity index (χ0) is 13.2. The van der Waals surface area contributed by atoms with E-state index in [2.05, 4.69) is 25.5 Å². The number of anilines is 1. The summed E-state index contributed by atoms with van der Waals surface area (Å²) in [5.74, 6) is 0.756. The maximum Gasteiger partial charge on any atom is 0.249 e. The number of nitrogens with one attached hydrogen (secondary N) is 2. The summed E-state index contributed by atoms with van der Waals surface area (Å²) in [6.45, 7) is 5.50. The Morgan fingerprint density at radius 1 is 1.28 bits per heavy atom. The molecule has 0 aliphatic heterocycles. The molecule has 0 spiro atoms. The first-order valence-corrected chi connectivity index (χ1v) is 5.61. The van der Waals surface area contributed by atoms with Gasteiger partial charge in [-0.05, 0) is 12.1 Å². The number of rotatable bonds is 2. The molecule has 2 aromatic rings. The van der Waals surface area contributed by atoms with Crippen LogP contribution in [0.1, 0.15) is 20.8 Å². The monoisotopic (exact) mass is 245 g/mol. The number of aromatic nitrogens is 4. The van der Waals surface area contributed by atoms with Crippen molar-refractivity contribution >= 4 is 11.9 Å². The Hall–Kier alpha value is -2.24. The van der Waals surface area contributed by atoms with E-state index in [0.29, 0.717) is 5.82 Å². The second-order valence-corrected chi connectivity index (χ2v) is 4.95. The number of pyridine rings is 1. The van der Waals surface area contributed by atoms with Gasteiger partial charge in [0.05, 0.1) is 0 Å². The molecule has 6 heteroatoms. The second-order valence-electron chi connectivity index (χ2n) is 4.95. The predicted octanol–water partition coefficient (Wildman–Crippen LogP) is 1.85. The molecule has 0 radical (unpaired) electrons. The molecular formula is C12H15N5O. The van der Waals surface area contributed by atoms with Crippen LogP contribution in [0.2, 0.25) is 0 Å². The van der Waals surface area contributed by atoms with E-state index in [-0.39, 0.29) is 11.9 Å². The molecule has 18 heavy (non-hydrogen) atoms. The summed E-state index contributed by atoms with van der Waals surface area (Å²) in [5, 5.41) is 9.40. The van der Waals surface area contributed by atoms with Crippen molar-refractivity contribution in [1.29, 1.82) is 0 Å². The minimum absolute atomic E-state index is 0.122. The lowest BCUT2D eigenvalue weighted by Gasteiger charge is -2.15. The Morgan fingerprint density at radius 2 is 1.94 bits per heavy atom. The normalized spacial score (nSPS) is 11.3. The molecule has 6 nitrogen and oxygen atoms in total. The fraction of sp³-hybridized carbons (Fsp3) is 0.333. The maximum absolute atomic E-state index is 11.8. The van der Waals surface area contributed by atoms with Gasteiger partial charge in [-0.2, -0.15) is 4.98 Å². The molecule has 2 rings (SSSR count). The van der Waals surface area contributed by atoms with Gasteiger partial charge in [-0.15, -0.1) is 5.10 Å². The topological polar surface area (TPSA) is 83.6 Å². The largest absolute Gasteiger partial charge is 0.293 e. The first-order chi connectivity index (χ1) is 8.47. The van der Waals surface area contributed by atoms with Crippen LogP contribution in [0.4, 0.5) is 5.95 Å². The highest BCUT2D eigenvalue weighted by atomic mass is 16.2. The van der Waals surface area contributed by atoms with Gasteiger partial charge in [0.15, 0.2) is 5.82 Å². The van der Waals surface area contributed by atoms with Crippen molar-refractivity contribution in [2.45, 2.75) is 20.8 Å². The molecule has 0 aliphatic rings. The average molecular weight is 245 g/mol. The van der Waals surface area contributed by atoms with E-state index in [9.17, 15) is 4.79 Å². The van der Waals surface area contributed by atoms with Crippen LogP contribution in [-0.4, -0.2) is 26.1 Å². The highest BCUT2D eigenvalue weighted by Crippen LogP contribution is 2.17. The lowest BCUT2D eigenvalue weighted by Crippen LogP contribution is -2.28. The van der Waals surface area contributed by atoms with Crippen molar-refractivity contribution in [3.05, 3.63) is 24.5 Å². The minimum Gasteiger partial charge on any atom is -0.293 e. The molecule has 94 valence electrons. The molecule has 0 atom stereocenters. The second kappa shape index (κ2) is 4.56. The minimum atomic E-state index is -0.475. The smallest absolute Gasteiger partial charge is 0.249 e. The highest BCUT2D eigenvalue weighted by Gasteiger charge is 2.22. The van der Waals surface area contributed by atoms with Crippen LogP contribution in [0.15, 0.2) is 24.5 Å². The number of hydrogen-bond donors (Lipinski definition) is 2. The standard InChI is InChI=1S/C12H15N5O/c1-12(2,3)10(18)15-11-14-9(16-17-11)8-4-6-13-7-5-8/h4-7H,1-3H3,(H2,14,15,16,17,18). The molecule has 0 aliphatic carbocycles. The molecule has 0 saturated carbocycles. The molecule has 0 bridgehead atoms. The van der Waals surface area contributed by atoms with Crippen molar-refractivity contribution in [3.8, 4) is 11.4 Å². The van der Waals surface area contributed by atoms with Crippen molar-refractivity contribution < 1.29 is 4.79 Å². The van der Waals surface area contributed by atoms with E-state index in [4.69, 9.17) is 0 Å². The molecule has 0 aromatic carbocycles.